The molecule has 1 aromatic rings. The molecule has 0 spiro atoms. The van der Waals surface area contributed by atoms with Gasteiger partial charge in [-0.1, -0.05) is 29.4 Å². The molecule has 5 nitrogen and oxygen atoms in total. The van der Waals surface area contributed by atoms with Gasteiger partial charge < -0.3 is 21.4 Å². The normalized spacial score (nSPS) is 11.7. The summed E-state index contributed by atoms with van der Waals surface area (Å²) in [4.78, 5) is 0. The Hall–Kier alpha value is -1.24. The molecule has 1 rings (SSSR count). The zero-order chi connectivity index (χ0) is 13.9. The van der Waals surface area contributed by atoms with Crippen molar-refractivity contribution in [1.29, 1.82) is 0 Å². The van der Waals surface area contributed by atoms with Crippen molar-refractivity contribution >= 4 is 17.6 Å². The van der Waals surface area contributed by atoms with E-state index in [1.807, 2.05) is 36.0 Å². The van der Waals surface area contributed by atoms with E-state index in [0.717, 1.165) is 36.6 Å². The fourth-order valence-corrected chi connectivity index (χ4v) is 2.32. The number of hydrogen-bond acceptors (Lipinski definition) is 5. The minimum absolute atomic E-state index is 0.125. The topological polar surface area (TPSA) is 90.9 Å². The average molecular weight is 283 g/mol. The quantitative estimate of drug-likeness (QED) is 0.178. The first-order valence-electron chi connectivity index (χ1n) is 6.24. The monoisotopic (exact) mass is 283 g/mol. The number of hydrogen-bond donors (Lipinski definition) is 4. The zero-order valence-corrected chi connectivity index (χ0v) is 11.7. The summed E-state index contributed by atoms with van der Waals surface area (Å²) in [6.45, 7) is 2.02. The second-order valence-electron chi connectivity index (χ2n) is 4.05. The first kappa shape index (κ1) is 15.8. The number of rotatable bonds is 9. The number of aliphatic hydroxyl groups excluding tert-OH is 1. The van der Waals surface area contributed by atoms with Gasteiger partial charge in [0.05, 0.1) is 0 Å². The summed E-state index contributed by atoms with van der Waals surface area (Å²) in [6, 6.07) is 7.59. The summed E-state index contributed by atoms with van der Waals surface area (Å²) in [5.41, 5.74) is 7.36. The summed E-state index contributed by atoms with van der Waals surface area (Å²) in [5.74, 6) is 2.18. The number of benzene rings is 1. The van der Waals surface area contributed by atoms with Crippen LogP contribution in [0, 0.1) is 0 Å². The predicted octanol–water partition coefficient (Wildman–Crippen LogP) is 0.986. The molecule has 0 amide bonds. The maximum atomic E-state index is 8.63. The molecule has 0 fully saturated rings. The highest BCUT2D eigenvalue weighted by Crippen LogP contribution is 2.04. The van der Waals surface area contributed by atoms with Crippen molar-refractivity contribution in [2.45, 2.75) is 13.0 Å². The largest absolute Gasteiger partial charge is 0.409 e. The molecule has 6 heteroatoms. The van der Waals surface area contributed by atoms with Gasteiger partial charge in [0.1, 0.15) is 0 Å². The summed E-state index contributed by atoms with van der Waals surface area (Å²) in [5, 5.41) is 23.5. The van der Waals surface area contributed by atoms with Gasteiger partial charge in [0.25, 0.3) is 0 Å². The third-order valence-corrected chi connectivity index (χ3v) is 3.63. The molecule has 0 radical (unpaired) electrons. The number of aliphatic hydroxyl groups is 1. The Morgan fingerprint density at radius 3 is 2.63 bits per heavy atom. The third-order valence-electron chi connectivity index (χ3n) is 2.56. The highest BCUT2D eigenvalue weighted by atomic mass is 32.2. The summed E-state index contributed by atoms with van der Waals surface area (Å²) in [6.07, 6.45) is 0.861. The van der Waals surface area contributed by atoms with Crippen molar-refractivity contribution in [1.82, 2.24) is 5.32 Å². The maximum absolute atomic E-state index is 8.63. The lowest BCUT2D eigenvalue weighted by Crippen LogP contribution is -2.17. The Balaban J connectivity index is 2.19. The molecule has 0 bridgehead atoms. The van der Waals surface area contributed by atoms with E-state index in [-0.39, 0.29) is 12.4 Å². The van der Waals surface area contributed by atoms with Crippen LogP contribution in [0.5, 0.6) is 0 Å². The minimum atomic E-state index is 0.125. The van der Waals surface area contributed by atoms with Crippen molar-refractivity contribution in [2.75, 3.05) is 24.7 Å². The van der Waals surface area contributed by atoms with Gasteiger partial charge in [-0.15, -0.1) is 0 Å². The summed E-state index contributed by atoms with van der Waals surface area (Å²) in [7, 11) is 0. The Morgan fingerprint density at radius 1 is 1.26 bits per heavy atom. The molecule has 0 aliphatic heterocycles. The number of nitrogens with two attached hydrogens (primary N) is 1. The third kappa shape index (κ3) is 6.47. The van der Waals surface area contributed by atoms with Gasteiger partial charge in [0, 0.05) is 31.0 Å². The van der Waals surface area contributed by atoms with Crippen LogP contribution in [0.3, 0.4) is 0 Å². The van der Waals surface area contributed by atoms with Gasteiger partial charge in [-0.05, 0) is 17.7 Å². The second kappa shape index (κ2) is 9.66. The highest BCUT2D eigenvalue weighted by Gasteiger charge is 1.99. The Bertz CT molecular complexity index is 382. The molecule has 0 saturated carbocycles. The molecule has 0 aliphatic carbocycles. The van der Waals surface area contributed by atoms with Gasteiger partial charge in [0.2, 0.25) is 0 Å². The van der Waals surface area contributed by atoms with Crippen LogP contribution < -0.4 is 11.1 Å². The van der Waals surface area contributed by atoms with E-state index in [2.05, 4.69) is 10.5 Å². The van der Waals surface area contributed by atoms with Crippen LogP contribution in [-0.2, 0) is 6.54 Å². The first-order chi connectivity index (χ1) is 9.27. The van der Waals surface area contributed by atoms with Crippen molar-refractivity contribution in [2.24, 2.45) is 10.9 Å². The molecule has 0 heterocycles. The van der Waals surface area contributed by atoms with E-state index in [0.29, 0.717) is 5.56 Å². The van der Waals surface area contributed by atoms with Crippen molar-refractivity contribution in [3.05, 3.63) is 35.4 Å². The highest BCUT2D eigenvalue weighted by molar-refractivity contribution is 7.99. The van der Waals surface area contributed by atoms with Crippen LogP contribution >= 0.6 is 11.8 Å². The van der Waals surface area contributed by atoms with Crippen molar-refractivity contribution < 1.29 is 10.3 Å². The molecule has 1 aromatic carbocycles. The zero-order valence-electron chi connectivity index (χ0n) is 10.9. The predicted molar refractivity (Wildman–Crippen MR) is 79.7 cm³/mol. The van der Waals surface area contributed by atoms with E-state index < -0.39 is 0 Å². The van der Waals surface area contributed by atoms with Crippen molar-refractivity contribution in [3.63, 3.8) is 0 Å². The van der Waals surface area contributed by atoms with Gasteiger partial charge >= 0.3 is 0 Å². The van der Waals surface area contributed by atoms with Crippen LogP contribution in [0.4, 0.5) is 0 Å². The second-order valence-corrected chi connectivity index (χ2v) is 5.27. The van der Waals surface area contributed by atoms with Crippen molar-refractivity contribution in [3.8, 4) is 0 Å². The van der Waals surface area contributed by atoms with Crippen LogP contribution in [0.2, 0.25) is 0 Å². The fraction of sp³-hybridized carbons (Fsp3) is 0.462. The van der Waals surface area contributed by atoms with E-state index >= 15 is 0 Å². The van der Waals surface area contributed by atoms with Gasteiger partial charge in [0.15, 0.2) is 5.84 Å². The standard InChI is InChI=1S/C13H21N3O2S/c14-13(16-18)12-4-2-11(3-5-12)10-15-6-9-19-8-1-7-17/h2-5,15,17-18H,1,6-10H2,(H2,14,16). The SMILES string of the molecule is N/C(=N/O)c1ccc(CNCCSCCCO)cc1. The molecular formula is C13H21N3O2S. The number of nitrogens with zero attached hydrogens (tertiary/aromatic N) is 1. The molecule has 0 aliphatic rings. The van der Waals surface area contributed by atoms with Crippen LogP contribution in [0.15, 0.2) is 29.4 Å². The lowest BCUT2D eigenvalue weighted by Gasteiger charge is -2.06. The molecule has 19 heavy (non-hydrogen) atoms. The number of nitrogens with one attached hydrogen (secondary N) is 1. The Kier molecular flexibility index (Phi) is 8.04. The molecule has 0 atom stereocenters. The Labute approximate surface area is 117 Å². The summed E-state index contributed by atoms with van der Waals surface area (Å²) >= 11 is 1.84. The average Bonchev–Trinajstić information content (AvgIpc) is 2.46. The number of oxime groups is 1. The maximum Gasteiger partial charge on any atom is 0.170 e. The lowest BCUT2D eigenvalue weighted by molar-refractivity contribution is 0.296. The lowest BCUT2D eigenvalue weighted by atomic mass is 10.1. The van der Waals surface area contributed by atoms with E-state index in [1.165, 1.54) is 0 Å². The van der Waals surface area contributed by atoms with Crippen LogP contribution in [0.1, 0.15) is 17.5 Å². The van der Waals surface area contributed by atoms with E-state index in [1.54, 1.807) is 0 Å². The molecule has 106 valence electrons. The van der Waals surface area contributed by atoms with Crippen LogP contribution in [0.25, 0.3) is 0 Å². The minimum Gasteiger partial charge on any atom is -0.409 e. The van der Waals surface area contributed by atoms with Gasteiger partial charge in [-0.3, -0.25) is 0 Å². The molecule has 0 aromatic heterocycles. The smallest absolute Gasteiger partial charge is 0.170 e. The molecule has 0 saturated heterocycles. The molecular weight excluding hydrogens is 262 g/mol. The molecule has 5 N–H and O–H groups in total. The van der Waals surface area contributed by atoms with Crippen LogP contribution in [-0.4, -0.2) is 40.8 Å². The van der Waals surface area contributed by atoms with E-state index in [4.69, 9.17) is 16.0 Å². The number of thioether (sulfide) groups is 1. The number of amidine groups is 1. The summed E-state index contributed by atoms with van der Waals surface area (Å²) < 4.78 is 0. The Morgan fingerprint density at radius 2 is 2.00 bits per heavy atom. The molecule has 0 unspecified atom stereocenters. The van der Waals surface area contributed by atoms with Gasteiger partial charge in [-0.25, -0.2) is 0 Å². The fourth-order valence-electron chi connectivity index (χ4n) is 1.50. The first-order valence-corrected chi connectivity index (χ1v) is 7.39. The van der Waals surface area contributed by atoms with E-state index in [9.17, 15) is 0 Å². The van der Waals surface area contributed by atoms with Gasteiger partial charge in [-0.2, -0.15) is 11.8 Å².